The third kappa shape index (κ3) is 3.06. The second-order valence-electron chi connectivity index (χ2n) is 5.70. The number of benzene rings is 1. The van der Waals surface area contributed by atoms with E-state index in [1.165, 1.54) is 5.56 Å². The first kappa shape index (κ1) is 13.3. The zero-order valence-electron chi connectivity index (χ0n) is 11.8. The predicted octanol–water partition coefficient (Wildman–Crippen LogP) is 2.43. The van der Waals surface area contributed by atoms with Crippen molar-refractivity contribution in [1.82, 2.24) is 10.2 Å². The van der Waals surface area contributed by atoms with Crippen LogP contribution in [0.5, 0.6) is 5.75 Å². The monoisotopic (exact) mass is 274 g/mol. The summed E-state index contributed by atoms with van der Waals surface area (Å²) >= 11 is 0. The van der Waals surface area contributed by atoms with Gasteiger partial charge in [-0.25, -0.2) is 4.79 Å². The van der Waals surface area contributed by atoms with Crippen LogP contribution in [-0.2, 0) is 6.42 Å². The molecule has 1 N–H and O–H groups in total. The average molecular weight is 274 g/mol. The standard InChI is InChI=1S/C16H22N2O2/c19-16(18-8-3-4-9-18)17-12-13-7-10-20-15-6-2-1-5-14(15)11-13/h1-2,5-6,13H,3-4,7-12H2,(H,17,19). The summed E-state index contributed by atoms with van der Waals surface area (Å²) in [7, 11) is 0. The Morgan fingerprint density at radius 2 is 2.10 bits per heavy atom. The molecule has 0 radical (unpaired) electrons. The lowest BCUT2D eigenvalue weighted by Crippen LogP contribution is -2.40. The van der Waals surface area contributed by atoms with Crippen LogP contribution >= 0.6 is 0 Å². The molecule has 1 fully saturated rings. The highest BCUT2D eigenvalue weighted by molar-refractivity contribution is 5.74. The molecule has 0 aliphatic carbocycles. The number of urea groups is 1. The van der Waals surface area contributed by atoms with Crippen LogP contribution in [0.4, 0.5) is 4.79 Å². The molecule has 0 bridgehead atoms. The number of amides is 2. The minimum absolute atomic E-state index is 0.0981. The van der Waals surface area contributed by atoms with Crippen molar-refractivity contribution in [3.63, 3.8) is 0 Å². The van der Waals surface area contributed by atoms with Crippen LogP contribution in [0.3, 0.4) is 0 Å². The van der Waals surface area contributed by atoms with Crippen molar-refractivity contribution in [2.24, 2.45) is 5.92 Å². The molecule has 2 amide bonds. The van der Waals surface area contributed by atoms with Gasteiger partial charge in [-0.15, -0.1) is 0 Å². The van der Waals surface area contributed by atoms with Crippen molar-refractivity contribution >= 4 is 6.03 Å². The highest BCUT2D eigenvalue weighted by Crippen LogP contribution is 2.26. The first-order valence-corrected chi connectivity index (χ1v) is 7.56. The predicted molar refractivity (Wildman–Crippen MR) is 78.0 cm³/mol. The number of ether oxygens (including phenoxy) is 1. The van der Waals surface area contributed by atoms with Crippen molar-refractivity contribution in [2.75, 3.05) is 26.2 Å². The zero-order valence-corrected chi connectivity index (χ0v) is 11.8. The average Bonchev–Trinajstić information content (AvgIpc) is 2.92. The quantitative estimate of drug-likeness (QED) is 0.900. The molecular formula is C16H22N2O2. The van der Waals surface area contributed by atoms with Crippen LogP contribution in [-0.4, -0.2) is 37.2 Å². The molecule has 108 valence electrons. The number of carbonyl (C=O) groups is 1. The second kappa shape index (κ2) is 6.16. The lowest BCUT2D eigenvalue weighted by molar-refractivity contribution is 0.205. The third-order valence-corrected chi connectivity index (χ3v) is 4.20. The maximum absolute atomic E-state index is 12.0. The Kier molecular flexibility index (Phi) is 4.09. The smallest absolute Gasteiger partial charge is 0.317 e. The number of nitrogens with zero attached hydrogens (tertiary/aromatic N) is 1. The first-order valence-electron chi connectivity index (χ1n) is 7.56. The van der Waals surface area contributed by atoms with Gasteiger partial charge in [0.05, 0.1) is 6.61 Å². The summed E-state index contributed by atoms with van der Waals surface area (Å²) in [6.45, 7) is 3.29. The Morgan fingerprint density at radius 1 is 1.30 bits per heavy atom. The molecule has 3 rings (SSSR count). The SMILES string of the molecule is O=C(NCC1CCOc2ccccc2C1)N1CCCC1. The molecule has 1 aromatic rings. The number of fused-ring (bicyclic) bond motifs is 1. The molecule has 1 atom stereocenters. The fourth-order valence-electron chi connectivity index (χ4n) is 3.00. The van der Waals surface area contributed by atoms with E-state index in [2.05, 4.69) is 11.4 Å². The van der Waals surface area contributed by atoms with Gasteiger partial charge in [0, 0.05) is 19.6 Å². The van der Waals surface area contributed by atoms with Gasteiger partial charge in [-0.2, -0.15) is 0 Å². The molecular weight excluding hydrogens is 252 g/mol. The van der Waals surface area contributed by atoms with Crippen molar-refractivity contribution in [3.05, 3.63) is 29.8 Å². The van der Waals surface area contributed by atoms with Gasteiger partial charge >= 0.3 is 6.03 Å². The number of hydrogen-bond donors (Lipinski definition) is 1. The molecule has 2 aliphatic heterocycles. The maximum Gasteiger partial charge on any atom is 0.317 e. The van der Waals surface area contributed by atoms with E-state index in [1.807, 2.05) is 23.1 Å². The Balaban J connectivity index is 1.54. The summed E-state index contributed by atoms with van der Waals surface area (Å²) in [5, 5.41) is 3.08. The normalized spacial score (nSPS) is 21.8. The van der Waals surface area contributed by atoms with E-state index < -0.39 is 0 Å². The van der Waals surface area contributed by atoms with Gasteiger partial charge < -0.3 is 15.0 Å². The fourth-order valence-corrected chi connectivity index (χ4v) is 3.00. The maximum atomic E-state index is 12.0. The van der Waals surface area contributed by atoms with Crippen molar-refractivity contribution in [1.29, 1.82) is 0 Å². The minimum Gasteiger partial charge on any atom is -0.493 e. The molecule has 4 nitrogen and oxygen atoms in total. The lowest BCUT2D eigenvalue weighted by atomic mass is 9.97. The summed E-state index contributed by atoms with van der Waals surface area (Å²) in [6, 6.07) is 8.30. The molecule has 4 heteroatoms. The number of nitrogens with one attached hydrogen (secondary N) is 1. The van der Waals surface area contributed by atoms with Crippen molar-refractivity contribution in [3.8, 4) is 5.75 Å². The third-order valence-electron chi connectivity index (χ3n) is 4.20. The number of hydrogen-bond acceptors (Lipinski definition) is 2. The molecule has 0 spiro atoms. The summed E-state index contributed by atoms with van der Waals surface area (Å²) < 4.78 is 5.76. The summed E-state index contributed by atoms with van der Waals surface area (Å²) in [4.78, 5) is 13.9. The van der Waals surface area contributed by atoms with Gasteiger partial charge in [-0.3, -0.25) is 0 Å². The van der Waals surface area contributed by atoms with Crippen LogP contribution in [0, 0.1) is 5.92 Å². The number of carbonyl (C=O) groups excluding carboxylic acids is 1. The van der Waals surface area contributed by atoms with E-state index in [0.717, 1.165) is 57.7 Å². The highest BCUT2D eigenvalue weighted by atomic mass is 16.5. The molecule has 1 aromatic carbocycles. The van der Waals surface area contributed by atoms with Gasteiger partial charge in [0.15, 0.2) is 0 Å². The largest absolute Gasteiger partial charge is 0.493 e. The van der Waals surface area contributed by atoms with E-state index in [0.29, 0.717) is 5.92 Å². The Hall–Kier alpha value is -1.71. The fraction of sp³-hybridized carbons (Fsp3) is 0.562. The van der Waals surface area contributed by atoms with E-state index in [1.54, 1.807) is 0 Å². The number of likely N-dealkylation sites (tertiary alicyclic amines) is 1. The molecule has 2 heterocycles. The molecule has 20 heavy (non-hydrogen) atoms. The van der Waals surface area contributed by atoms with E-state index >= 15 is 0 Å². The van der Waals surface area contributed by atoms with E-state index in [9.17, 15) is 4.79 Å². The minimum atomic E-state index is 0.0981. The molecule has 0 saturated carbocycles. The number of rotatable bonds is 2. The van der Waals surface area contributed by atoms with Crippen LogP contribution in [0.25, 0.3) is 0 Å². The van der Waals surface area contributed by atoms with Gasteiger partial charge in [-0.05, 0) is 43.2 Å². The Labute approximate surface area is 120 Å². The molecule has 2 aliphatic rings. The Morgan fingerprint density at radius 3 is 2.95 bits per heavy atom. The van der Waals surface area contributed by atoms with Crippen LogP contribution in [0.15, 0.2) is 24.3 Å². The first-order chi connectivity index (χ1) is 9.83. The van der Waals surface area contributed by atoms with Crippen LogP contribution in [0.1, 0.15) is 24.8 Å². The van der Waals surface area contributed by atoms with Gasteiger partial charge in [0.2, 0.25) is 0 Å². The molecule has 0 aromatic heterocycles. The summed E-state index contributed by atoms with van der Waals surface area (Å²) in [5.41, 5.74) is 1.26. The van der Waals surface area contributed by atoms with Crippen molar-refractivity contribution in [2.45, 2.75) is 25.7 Å². The van der Waals surface area contributed by atoms with Crippen LogP contribution in [0.2, 0.25) is 0 Å². The van der Waals surface area contributed by atoms with Gasteiger partial charge in [-0.1, -0.05) is 18.2 Å². The van der Waals surface area contributed by atoms with Crippen LogP contribution < -0.4 is 10.1 Å². The number of para-hydroxylation sites is 1. The zero-order chi connectivity index (χ0) is 13.8. The summed E-state index contributed by atoms with van der Waals surface area (Å²) in [6.07, 6.45) is 4.25. The van der Waals surface area contributed by atoms with E-state index in [4.69, 9.17) is 4.74 Å². The highest BCUT2D eigenvalue weighted by Gasteiger charge is 2.21. The van der Waals surface area contributed by atoms with Gasteiger partial charge in [0.1, 0.15) is 5.75 Å². The summed E-state index contributed by atoms with van der Waals surface area (Å²) in [5.74, 6) is 1.46. The van der Waals surface area contributed by atoms with E-state index in [-0.39, 0.29) is 6.03 Å². The van der Waals surface area contributed by atoms with Crippen molar-refractivity contribution < 1.29 is 9.53 Å². The second-order valence-corrected chi connectivity index (χ2v) is 5.70. The molecule has 1 saturated heterocycles. The molecule has 1 unspecified atom stereocenters. The topological polar surface area (TPSA) is 41.6 Å². The lowest BCUT2D eigenvalue weighted by Gasteiger charge is -2.19. The Bertz CT molecular complexity index is 469. The van der Waals surface area contributed by atoms with Gasteiger partial charge in [0.25, 0.3) is 0 Å².